The quantitative estimate of drug-likeness (QED) is 0.772. The molecule has 1 aromatic rings. The van der Waals surface area contributed by atoms with Gasteiger partial charge in [0.2, 0.25) is 0 Å². The molecular weight excluding hydrogens is 298 g/mol. The van der Waals surface area contributed by atoms with Crippen molar-refractivity contribution in [2.45, 2.75) is 31.7 Å². The molecule has 0 spiro atoms. The fourth-order valence-electron chi connectivity index (χ4n) is 2.69. The Hall–Kier alpha value is -1.79. The number of hydrogen-bond acceptors (Lipinski definition) is 5. The second kappa shape index (κ2) is 8.17. The van der Waals surface area contributed by atoms with Crippen LogP contribution in [-0.4, -0.2) is 56.3 Å². The number of hydrogen-bond donors (Lipinski definition) is 0. The lowest BCUT2D eigenvalue weighted by molar-refractivity contribution is -0.163. The first-order valence-electron chi connectivity index (χ1n) is 8.18. The van der Waals surface area contributed by atoms with Crippen molar-refractivity contribution in [3.05, 3.63) is 30.3 Å². The van der Waals surface area contributed by atoms with Gasteiger partial charge in [-0.25, -0.2) is 4.79 Å². The standard InChI is InChI=1S/C17H23NO5/c19-17-18(9-11-21-16-8-4-5-10-20-16)12-15(23-17)13-22-14-6-2-1-3-7-14/h1-3,6-7,15-16H,4-5,8-13H2. The Bertz CT molecular complexity index is 489. The fraction of sp³-hybridized carbons (Fsp3) is 0.588. The number of nitrogens with zero attached hydrogens (tertiary/aromatic N) is 1. The van der Waals surface area contributed by atoms with Crippen molar-refractivity contribution in [3.63, 3.8) is 0 Å². The van der Waals surface area contributed by atoms with E-state index in [1.54, 1.807) is 4.90 Å². The van der Waals surface area contributed by atoms with Crippen molar-refractivity contribution in [1.29, 1.82) is 0 Å². The van der Waals surface area contributed by atoms with E-state index in [2.05, 4.69) is 0 Å². The highest BCUT2D eigenvalue weighted by molar-refractivity contribution is 5.69. The third kappa shape index (κ3) is 4.84. The predicted molar refractivity (Wildman–Crippen MR) is 83.3 cm³/mol. The zero-order valence-electron chi connectivity index (χ0n) is 13.2. The lowest BCUT2D eigenvalue weighted by Gasteiger charge is -2.23. The van der Waals surface area contributed by atoms with Gasteiger partial charge in [-0.3, -0.25) is 0 Å². The summed E-state index contributed by atoms with van der Waals surface area (Å²) in [4.78, 5) is 13.5. The summed E-state index contributed by atoms with van der Waals surface area (Å²) in [5, 5.41) is 0. The van der Waals surface area contributed by atoms with E-state index in [0.717, 1.165) is 31.6 Å². The smallest absolute Gasteiger partial charge is 0.410 e. The molecule has 6 heteroatoms. The van der Waals surface area contributed by atoms with Crippen LogP contribution in [0.15, 0.2) is 30.3 Å². The number of cyclic esters (lactones) is 1. The first-order valence-corrected chi connectivity index (χ1v) is 8.18. The van der Waals surface area contributed by atoms with Crippen LogP contribution in [0.5, 0.6) is 5.75 Å². The molecule has 23 heavy (non-hydrogen) atoms. The van der Waals surface area contributed by atoms with Crippen molar-refractivity contribution in [3.8, 4) is 5.75 Å². The summed E-state index contributed by atoms with van der Waals surface area (Å²) in [7, 11) is 0. The predicted octanol–water partition coefficient (Wildman–Crippen LogP) is 2.43. The average molecular weight is 321 g/mol. The van der Waals surface area contributed by atoms with Crippen LogP contribution >= 0.6 is 0 Å². The molecule has 2 saturated heterocycles. The van der Waals surface area contributed by atoms with Crippen molar-refractivity contribution in [2.75, 3.05) is 32.9 Å². The maximum atomic E-state index is 11.8. The van der Waals surface area contributed by atoms with Gasteiger partial charge in [0, 0.05) is 13.2 Å². The Kier molecular flexibility index (Phi) is 5.71. The molecule has 126 valence electrons. The molecule has 6 nitrogen and oxygen atoms in total. The molecule has 2 aliphatic rings. The maximum absolute atomic E-state index is 11.8. The first-order chi connectivity index (χ1) is 11.3. The van der Waals surface area contributed by atoms with Gasteiger partial charge < -0.3 is 23.8 Å². The molecule has 0 aromatic heterocycles. The number of rotatable bonds is 7. The van der Waals surface area contributed by atoms with E-state index in [-0.39, 0.29) is 18.5 Å². The Morgan fingerprint density at radius 1 is 1.22 bits per heavy atom. The molecule has 0 N–H and O–H groups in total. The van der Waals surface area contributed by atoms with Crippen LogP contribution < -0.4 is 4.74 Å². The van der Waals surface area contributed by atoms with Crippen LogP contribution in [0.2, 0.25) is 0 Å². The summed E-state index contributed by atoms with van der Waals surface area (Å²) in [6, 6.07) is 9.51. The highest BCUT2D eigenvalue weighted by Crippen LogP contribution is 2.16. The monoisotopic (exact) mass is 321 g/mol. The van der Waals surface area contributed by atoms with Crippen LogP contribution in [0.1, 0.15) is 19.3 Å². The van der Waals surface area contributed by atoms with Crippen LogP contribution in [0, 0.1) is 0 Å². The Balaban J connectivity index is 1.35. The number of para-hydroxylation sites is 1. The molecule has 0 radical (unpaired) electrons. The Labute approximate surface area is 136 Å². The third-order valence-electron chi connectivity index (χ3n) is 3.93. The Morgan fingerprint density at radius 2 is 2.09 bits per heavy atom. The molecule has 1 amide bonds. The molecule has 0 aliphatic carbocycles. The number of ether oxygens (including phenoxy) is 4. The van der Waals surface area contributed by atoms with Gasteiger partial charge in [-0.1, -0.05) is 18.2 Å². The molecule has 2 atom stereocenters. The van der Waals surface area contributed by atoms with Gasteiger partial charge in [-0.2, -0.15) is 0 Å². The highest BCUT2D eigenvalue weighted by atomic mass is 16.7. The minimum absolute atomic E-state index is 0.125. The molecule has 0 saturated carbocycles. The largest absolute Gasteiger partial charge is 0.490 e. The van der Waals surface area contributed by atoms with Gasteiger partial charge in [-0.15, -0.1) is 0 Å². The SMILES string of the molecule is O=C1OC(COc2ccccc2)CN1CCOC1CCCCO1. The van der Waals surface area contributed by atoms with E-state index in [4.69, 9.17) is 18.9 Å². The number of carbonyl (C=O) groups is 1. The molecule has 2 aliphatic heterocycles. The fourth-order valence-corrected chi connectivity index (χ4v) is 2.69. The summed E-state index contributed by atoms with van der Waals surface area (Å²) in [5.74, 6) is 0.778. The number of carbonyl (C=O) groups excluding carboxylic acids is 1. The summed E-state index contributed by atoms with van der Waals surface area (Å²) in [5.41, 5.74) is 0. The Morgan fingerprint density at radius 3 is 2.87 bits per heavy atom. The van der Waals surface area contributed by atoms with Crippen LogP contribution in [-0.2, 0) is 14.2 Å². The summed E-state index contributed by atoms with van der Waals surface area (Å²) in [6.07, 6.45) is 2.49. The summed E-state index contributed by atoms with van der Waals surface area (Å²) in [6.45, 7) is 2.63. The van der Waals surface area contributed by atoms with E-state index in [1.807, 2.05) is 30.3 Å². The molecule has 2 unspecified atom stereocenters. The normalized spacial score (nSPS) is 24.5. The van der Waals surface area contributed by atoms with E-state index in [9.17, 15) is 4.79 Å². The van der Waals surface area contributed by atoms with Gasteiger partial charge >= 0.3 is 6.09 Å². The zero-order chi connectivity index (χ0) is 15.9. The van der Waals surface area contributed by atoms with Gasteiger partial charge in [0.1, 0.15) is 12.4 Å². The average Bonchev–Trinajstić information content (AvgIpc) is 2.95. The van der Waals surface area contributed by atoms with Crippen LogP contribution in [0.25, 0.3) is 0 Å². The number of benzene rings is 1. The third-order valence-corrected chi connectivity index (χ3v) is 3.93. The van der Waals surface area contributed by atoms with E-state index in [0.29, 0.717) is 26.3 Å². The number of amides is 1. The maximum Gasteiger partial charge on any atom is 0.410 e. The van der Waals surface area contributed by atoms with Crippen molar-refractivity contribution in [1.82, 2.24) is 4.90 Å². The van der Waals surface area contributed by atoms with Gasteiger partial charge in [-0.05, 0) is 31.4 Å². The molecule has 2 fully saturated rings. The lowest BCUT2D eigenvalue weighted by Crippen LogP contribution is -2.32. The molecule has 3 rings (SSSR count). The molecule has 1 aromatic carbocycles. The van der Waals surface area contributed by atoms with Crippen LogP contribution in [0.4, 0.5) is 4.79 Å². The summed E-state index contributed by atoms with van der Waals surface area (Å²) < 4.78 is 22.1. The summed E-state index contributed by atoms with van der Waals surface area (Å²) >= 11 is 0. The molecular formula is C17H23NO5. The first kappa shape index (κ1) is 16.1. The minimum atomic E-state index is -0.306. The van der Waals surface area contributed by atoms with Gasteiger partial charge in [0.25, 0.3) is 0 Å². The van der Waals surface area contributed by atoms with E-state index < -0.39 is 0 Å². The molecule has 2 heterocycles. The van der Waals surface area contributed by atoms with Crippen molar-refractivity contribution in [2.24, 2.45) is 0 Å². The highest BCUT2D eigenvalue weighted by Gasteiger charge is 2.31. The second-order valence-corrected chi connectivity index (χ2v) is 5.74. The lowest BCUT2D eigenvalue weighted by atomic mass is 10.2. The second-order valence-electron chi connectivity index (χ2n) is 5.74. The van der Waals surface area contributed by atoms with Crippen LogP contribution in [0.3, 0.4) is 0 Å². The van der Waals surface area contributed by atoms with Gasteiger partial charge in [0.05, 0.1) is 13.2 Å². The topological polar surface area (TPSA) is 57.2 Å². The van der Waals surface area contributed by atoms with E-state index in [1.165, 1.54) is 0 Å². The van der Waals surface area contributed by atoms with E-state index >= 15 is 0 Å². The zero-order valence-corrected chi connectivity index (χ0v) is 13.2. The molecule has 0 bridgehead atoms. The minimum Gasteiger partial charge on any atom is -0.490 e. The van der Waals surface area contributed by atoms with Gasteiger partial charge in [0.15, 0.2) is 12.4 Å². The van der Waals surface area contributed by atoms with Crippen molar-refractivity contribution >= 4 is 6.09 Å². The van der Waals surface area contributed by atoms with Crippen molar-refractivity contribution < 1.29 is 23.7 Å².